The van der Waals surface area contributed by atoms with Crippen LogP contribution in [0.4, 0.5) is 4.39 Å². The second-order valence-electron chi connectivity index (χ2n) is 4.57. The lowest BCUT2D eigenvalue weighted by molar-refractivity contribution is 0.625. The highest BCUT2D eigenvalue weighted by Crippen LogP contribution is 2.23. The van der Waals surface area contributed by atoms with E-state index >= 15 is 0 Å². The van der Waals surface area contributed by atoms with Gasteiger partial charge in [0.05, 0.1) is 11.2 Å². The van der Waals surface area contributed by atoms with Crippen LogP contribution in [0.15, 0.2) is 58.8 Å². The van der Waals surface area contributed by atoms with Crippen LogP contribution in [0.25, 0.3) is 11.4 Å². The summed E-state index contributed by atoms with van der Waals surface area (Å²) in [7, 11) is 0. The summed E-state index contributed by atoms with van der Waals surface area (Å²) in [6.45, 7) is 0. The summed E-state index contributed by atoms with van der Waals surface area (Å²) < 4.78 is 15.4. The van der Waals surface area contributed by atoms with Crippen molar-refractivity contribution >= 4 is 29.6 Å². The molecule has 0 amide bonds. The molecule has 2 aromatic carbocycles. The smallest absolute Gasteiger partial charge is 0.206 e. The first-order valence-electron chi connectivity index (χ1n) is 6.74. The fraction of sp³-hybridized carbons (Fsp3) is 0.0625. The highest BCUT2D eigenvalue weighted by molar-refractivity contribution is 7.98. The monoisotopic (exact) mass is 346 g/mol. The lowest BCUT2D eigenvalue weighted by Gasteiger charge is -2.04. The molecule has 0 spiro atoms. The van der Waals surface area contributed by atoms with Crippen LogP contribution in [-0.4, -0.2) is 27.3 Å². The van der Waals surface area contributed by atoms with Crippen molar-refractivity contribution < 1.29 is 4.39 Å². The number of rotatable bonds is 4. The van der Waals surface area contributed by atoms with Crippen LogP contribution in [0, 0.1) is 5.82 Å². The van der Waals surface area contributed by atoms with Crippen molar-refractivity contribution in [2.45, 2.75) is 5.16 Å². The number of nitrogens with zero attached hydrogens (tertiary/aromatic N) is 4. The van der Waals surface area contributed by atoms with Crippen molar-refractivity contribution in [3.8, 4) is 11.4 Å². The van der Waals surface area contributed by atoms with Crippen molar-refractivity contribution in [2.75, 3.05) is 6.26 Å². The third kappa shape index (κ3) is 3.28. The summed E-state index contributed by atoms with van der Waals surface area (Å²) in [5, 5.41) is 13.5. The minimum atomic E-state index is -0.429. The molecule has 0 saturated heterocycles. The van der Waals surface area contributed by atoms with Gasteiger partial charge in [-0.2, -0.15) is 9.78 Å². The van der Waals surface area contributed by atoms with E-state index in [1.807, 2.05) is 36.6 Å². The Hall–Kier alpha value is -2.18. The van der Waals surface area contributed by atoms with Crippen LogP contribution < -0.4 is 0 Å². The first-order chi connectivity index (χ1) is 11.2. The molecule has 1 heterocycles. The van der Waals surface area contributed by atoms with Crippen molar-refractivity contribution in [2.24, 2.45) is 5.10 Å². The highest BCUT2D eigenvalue weighted by atomic mass is 35.5. The van der Waals surface area contributed by atoms with Gasteiger partial charge in [-0.3, -0.25) is 0 Å². The maximum atomic E-state index is 13.9. The Balaban J connectivity index is 2.06. The molecule has 3 rings (SSSR count). The van der Waals surface area contributed by atoms with Gasteiger partial charge in [-0.25, -0.2) is 4.39 Å². The summed E-state index contributed by atoms with van der Waals surface area (Å²) in [4.78, 5) is 0. The minimum absolute atomic E-state index is 0.230. The Morgan fingerprint density at radius 1 is 1.13 bits per heavy atom. The number of aromatic nitrogens is 3. The van der Waals surface area contributed by atoms with Gasteiger partial charge in [0, 0.05) is 11.1 Å². The van der Waals surface area contributed by atoms with Crippen molar-refractivity contribution in [1.82, 2.24) is 14.9 Å². The van der Waals surface area contributed by atoms with E-state index in [9.17, 15) is 4.39 Å². The van der Waals surface area contributed by atoms with E-state index in [1.165, 1.54) is 24.0 Å². The first-order valence-corrected chi connectivity index (χ1v) is 8.34. The molecule has 0 unspecified atom stereocenters. The molecular weight excluding hydrogens is 335 g/mol. The van der Waals surface area contributed by atoms with Crippen LogP contribution in [-0.2, 0) is 0 Å². The number of halogens is 2. The van der Waals surface area contributed by atoms with Gasteiger partial charge < -0.3 is 0 Å². The maximum Gasteiger partial charge on any atom is 0.212 e. The largest absolute Gasteiger partial charge is 0.212 e. The van der Waals surface area contributed by atoms with Gasteiger partial charge >= 0.3 is 0 Å². The molecule has 0 aliphatic heterocycles. The van der Waals surface area contributed by atoms with Crippen LogP contribution in [0.5, 0.6) is 0 Å². The van der Waals surface area contributed by atoms with E-state index in [-0.39, 0.29) is 5.56 Å². The van der Waals surface area contributed by atoms with Crippen LogP contribution in [0.2, 0.25) is 5.02 Å². The van der Waals surface area contributed by atoms with E-state index in [0.717, 1.165) is 5.56 Å². The topological polar surface area (TPSA) is 43.1 Å². The molecule has 116 valence electrons. The van der Waals surface area contributed by atoms with Gasteiger partial charge in [0.25, 0.3) is 0 Å². The molecule has 0 aliphatic carbocycles. The van der Waals surface area contributed by atoms with Crippen molar-refractivity contribution in [1.29, 1.82) is 0 Å². The predicted octanol–water partition coefficient (Wildman–Crippen LogP) is 4.34. The van der Waals surface area contributed by atoms with Crippen LogP contribution in [0.1, 0.15) is 5.56 Å². The average Bonchev–Trinajstić information content (AvgIpc) is 2.98. The molecule has 0 bridgehead atoms. The normalized spacial score (nSPS) is 11.3. The number of hydrogen-bond acceptors (Lipinski definition) is 4. The van der Waals surface area contributed by atoms with Gasteiger partial charge in [0.2, 0.25) is 5.16 Å². The molecule has 0 radical (unpaired) electrons. The zero-order chi connectivity index (χ0) is 16.2. The molecule has 0 fully saturated rings. The second kappa shape index (κ2) is 6.93. The van der Waals surface area contributed by atoms with E-state index < -0.39 is 5.82 Å². The highest BCUT2D eigenvalue weighted by Gasteiger charge is 2.13. The number of benzene rings is 2. The summed E-state index contributed by atoms with van der Waals surface area (Å²) in [6.07, 6.45) is 3.26. The third-order valence-electron chi connectivity index (χ3n) is 3.13. The average molecular weight is 347 g/mol. The van der Waals surface area contributed by atoms with Crippen LogP contribution in [0.3, 0.4) is 0 Å². The van der Waals surface area contributed by atoms with Gasteiger partial charge in [0.1, 0.15) is 5.82 Å². The summed E-state index contributed by atoms with van der Waals surface area (Å²) in [5.74, 6) is 0.153. The number of thioether (sulfide) groups is 1. The minimum Gasteiger partial charge on any atom is -0.206 e. The molecule has 3 aromatic rings. The van der Waals surface area contributed by atoms with Crippen molar-refractivity contribution in [3.63, 3.8) is 0 Å². The van der Waals surface area contributed by atoms with Gasteiger partial charge in [-0.15, -0.1) is 10.2 Å². The summed E-state index contributed by atoms with van der Waals surface area (Å²) in [5.41, 5.74) is 1.10. The molecule has 1 aromatic heterocycles. The molecule has 4 nitrogen and oxygen atoms in total. The Kier molecular flexibility index (Phi) is 4.73. The molecule has 0 aliphatic rings. The van der Waals surface area contributed by atoms with Crippen LogP contribution >= 0.6 is 23.4 Å². The predicted molar refractivity (Wildman–Crippen MR) is 91.6 cm³/mol. The van der Waals surface area contributed by atoms with Gasteiger partial charge in [-0.1, -0.05) is 59.8 Å². The maximum absolute atomic E-state index is 13.9. The van der Waals surface area contributed by atoms with Gasteiger partial charge in [-0.05, 0) is 18.4 Å². The third-order valence-corrected chi connectivity index (χ3v) is 4.08. The zero-order valence-electron chi connectivity index (χ0n) is 12.1. The molecule has 7 heteroatoms. The second-order valence-corrected chi connectivity index (χ2v) is 5.75. The lowest BCUT2D eigenvalue weighted by Crippen LogP contribution is -1.98. The Labute approximate surface area is 142 Å². The number of hydrogen-bond donors (Lipinski definition) is 0. The molecule has 0 atom stereocenters. The molecular formula is C16H12ClFN4S. The summed E-state index contributed by atoms with van der Waals surface area (Å²) >= 11 is 7.43. The first kappa shape index (κ1) is 15.7. The fourth-order valence-corrected chi connectivity index (χ4v) is 2.65. The zero-order valence-corrected chi connectivity index (χ0v) is 13.7. The lowest BCUT2D eigenvalue weighted by atomic mass is 10.2. The SMILES string of the molecule is CSc1nnc(-c2ccccc2)n1/N=C\c1c(F)cccc1Cl. The molecule has 0 saturated carbocycles. The standard InChI is InChI=1S/C16H12ClFN4S/c1-23-16-21-20-15(11-6-3-2-4-7-11)22(16)19-10-12-13(17)8-5-9-14(12)18/h2-10H,1H3/b19-10-. The van der Waals surface area contributed by atoms with E-state index in [4.69, 9.17) is 11.6 Å². The Bertz CT molecular complexity index is 828. The molecule has 0 N–H and O–H groups in total. The quantitative estimate of drug-likeness (QED) is 0.521. The van der Waals surface area contributed by atoms with E-state index in [0.29, 0.717) is 16.0 Å². The van der Waals surface area contributed by atoms with E-state index in [1.54, 1.807) is 16.8 Å². The van der Waals surface area contributed by atoms with Gasteiger partial charge in [0.15, 0.2) is 5.82 Å². The van der Waals surface area contributed by atoms with E-state index in [2.05, 4.69) is 15.3 Å². The van der Waals surface area contributed by atoms with Crippen molar-refractivity contribution in [3.05, 3.63) is 64.9 Å². The molecule has 23 heavy (non-hydrogen) atoms. The fourth-order valence-electron chi connectivity index (χ4n) is 2.01. The Morgan fingerprint density at radius 2 is 1.91 bits per heavy atom. The summed E-state index contributed by atoms with van der Waals surface area (Å²) in [6, 6.07) is 14.1. The Morgan fingerprint density at radius 3 is 2.61 bits per heavy atom.